The first kappa shape index (κ1) is 18.9. The van der Waals surface area contributed by atoms with Crippen LogP contribution in [0.25, 0.3) is 0 Å². The second kappa shape index (κ2) is 7.39. The van der Waals surface area contributed by atoms with E-state index in [1.165, 1.54) is 21.5 Å². The van der Waals surface area contributed by atoms with E-state index < -0.39 is 24.4 Å². The summed E-state index contributed by atoms with van der Waals surface area (Å²) in [6, 6.07) is 26.2. The van der Waals surface area contributed by atoms with E-state index in [1.807, 2.05) is 0 Å². The van der Waals surface area contributed by atoms with Gasteiger partial charge < -0.3 is 0 Å². The van der Waals surface area contributed by atoms with E-state index in [0.717, 1.165) is 0 Å². The van der Waals surface area contributed by atoms with E-state index in [1.54, 1.807) is 3.58 Å². The molecule has 0 radical (unpaired) electrons. The predicted octanol–water partition coefficient (Wildman–Crippen LogP) is 4.30. The SMILES string of the molecule is Cc1cccc(P(=S)(c2ccccc2)c2ccccc2)[c]1[Sn]([CH3])([CH3])[CH3]. The van der Waals surface area contributed by atoms with Crippen LogP contribution < -0.4 is 19.5 Å². The zero-order chi connectivity index (χ0) is 18.1. The Labute approximate surface area is 161 Å². The molecule has 0 aliphatic carbocycles. The van der Waals surface area contributed by atoms with Crippen LogP contribution in [0.4, 0.5) is 0 Å². The summed E-state index contributed by atoms with van der Waals surface area (Å²) in [5.74, 6) is 0. The third-order valence-corrected chi connectivity index (χ3v) is 16.3. The number of rotatable bonds is 4. The summed E-state index contributed by atoms with van der Waals surface area (Å²) < 4.78 is 1.60. The second-order valence-electron chi connectivity index (χ2n) is 7.50. The Morgan fingerprint density at radius 2 is 1.16 bits per heavy atom. The van der Waals surface area contributed by atoms with E-state index in [0.29, 0.717) is 0 Å². The molecule has 3 heteroatoms. The number of benzene rings is 3. The van der Waals surface area contributed by atoms with Gasteiger partial charge in [0.25, 0.3) is 0 Å². The van der Waals surface area contributed by atoms with Gasteiger partial charge in [-0.1, -0.05) is 0 Å². The number of hydrogen-bond acceptors (Lipinski definition) is 1. The van der Waals surface area contributed by atoms with Gasteiger partial charge in [0.2, 0.25) is 0 Å². The number of aryl methyl sites for hydroxylation is 1. The molecule has 3 aromatic rings. The predicted molar refractivity (Wildman–Crippen MR) is 120 cm³/mol. The molecule has 0 unspecified atom stereocenters. The average Bonchev–Trinajstić information content (AvgIpc) is 2.61. The summed E-state index contributed by atoms with van der Waals surface area (Å²) in [5.41, 5.74) is 1.42. The van der Waals surface area contributed by atoms with Crippen molar-refractivity contribution >= 4 is 55.7 Å². The van der Waals surface area contributed by atoms with E-state index in [-0.39, 0.29) is 0 Å². The van der Waals surface area contributed by atoms with E-state index in [9.17, 15) is 0 Å². The Balaban J connectivity index is 2.40. The standard InChI is InChI=1S/C19H16PS.3CH3.Sn/c1-16-9-8-14-19(15-16)20(21,17-10-4-2-5-11-17)18-12-6-3-7-13-18;;;;/h2-14H,1H3;3*1H3;. The molecule has 0 atom stereocenters. The molecule has 0 spiro atoms. The molecule has 0 fully saturated rings. The van der Waals surface area contributed by atoms with Gasteiger partial charge in [0.05, 0.1) is 0 Å². The normalized spacial score (nSPS) is 12.2. The molecule has 3 aromatic carbocycles. The molecule has 0 aliphatic heterocycles. The average molecular weight is 471 g/mol. The molecule has 3 rings (SSSR count). The third kappa shape index (κ3) is 3.65. The summed E-state index contributed by atoms with van der Waals surface area (Å²) in [5, 5.41) is 4.00. The zero-order valence-electron chi connectivity index (χ0n) is 15.4. The second-order valence-corrected chi connectivity index (χ2v) is 26.1. The molecule has 0 nitrogen and oxygen atoms in total. The minimum atomic E-state index is -2.35. The van der Waals surface area contributed by atoms with Gasteiger partial charge >= 0.3 is 162 Å². The van der Waals surface area contributed by atoms with Crippen LogP contribution in [0.15, 0.2) is 78.9 Å². The monoisotopic (exact) mass is 472 g/mol. The number of hydrogen-bond donors (Lipinski definition) is 0. The molecule has 25 heavy (non-hydrogen) atoms. The first-order valence-corrected chi connectivity index (χ1v) is 21.5. The van der Waals surface area contributed by atoms with Crippen LogP contribution in [0.3, 0.4) is 0 Å². The summed E-state index contributed by atoms with van der Waals surface area (Å²) >= 11 is 4.21. The molecule has 0 amide bonds. The first-order chi connectivity index (χ1) is 11.8. The summed E-state index contributed by atoms with van der Waals surface area (Å²) in [7, 11) is 0. The van der Waals surface area contributed by atoms with E-state index >= 15 is 0 Å². The first-order valence-electron chi connectivity index (χ1n) is 8.67. The van der Waals surface area contributed by atoms with Crippen LogP contribution in [-0.4, -0.2) is 18.4 Å². The Morgan fingerprint density at radius 3 is 1.60 bits per heavy atom. The topological polar surface area (TPSA) is 0 Å². The zero-order valence-corrected chi connectivity index (χ0v) is 19.9. The van der Waals surface area contributed by atoms with Gasteiger partial charge in [-0.05, 0) is 0 Å². The van der Waals surface area contributed by atoms with Gasteiger partial charge in [-0.25, -0.2) is 0 Å². The molecular weight excluding hydrogens is 446 g/mol. The summed E-state index contributed by atoms with van der Waals surface area (Å²) in [4.78, 5) is 7.49. The Hall–Kier alpha value is -0.891. The van der Waals surface area contributed by atoms with Crippen molar-refractivity contribution in [3.8, 4) is 0 Å². The van der Waals surface area contributed by atoms with Crippen molar-refractivity contribution in [2.45, 2.75) is 21.7 Å². The maximum absolute atomic E-state index is 6.56. The fraction of sp³-hybridized carbons (Fsp3) is 0.182. The van der Waals surface area contributed by atoms with E-state index in [2.05, 4.69) is 101 Å². The van der Waals surface area contributed by atoms with Crippen molar-refractivity contribution in [3.05, 3.63) is 84.4 Å². The van der Waals surface area contributed by atoms with Gasteiger partial charge in [0, 0.05) is 0 Å². The molecule has 0 N–H and O–H groups in total. The quantitative estimate of drug-likeness (QED) is 0.404. The van der Waals surface area contributed by atoms with Crippen molar-refractivity contribution in [1.82, 2.24) is 0 Å². The Kier molecular flexibility index (Phi) is 5.58. The molecular formula is C22H25PSSn. The van der Waals surface area contributed by atoms with Gasteiger partial charge in [-0.15, -0.1) is 0 Å². The van der Waals surface area contributed by atoms with Crippen LogP contribution in [-0.2, 0) is 11.8 Å². The maximum atomic E-state index is 6.56. The minimum absolute atomic E-state index is 1.29. The molecule has 0 bridgehead atoms. The molecule has 0 heterocycles. The van der Waals surface area contributed by atoms with Crippen molar-refractivity contribution in [1.29, 1.82) is 0 Å². The van der Waals surface area contributed by atoms with Crippen molar-refractivity contribution in [2.75, 3.05) is 0 Å². The third-order valence-electron chi connectivity index (χ3n) is 4.58. The molecule has 0 aliphatic rings. The molecule has 0 saturated carbocycles. The van der Waals surface area contributed by atoms with Crippen LogP contribution in [0.5, 0.6) is 0 Å². The molecule has 0 saturated heterocycles. The molecule has 128 valence electrons. The van der Waals surface area contributed by atoms with Crippen LogP contribution in [0.2, 0.25) is 14.8 Å². The Morgan fingerprint density at radius 1 is 0.680 bits per heavy atom. The molecule has 0 aromatic heterocycles. The van der Waals surface area contributed by atoms with Gasteiger partial charge in [0.1, 0.15) is 0 Å². The van der Waals surface area contributed by atoms with Gasteiger partial charge in [-0.2, -0.15) is 0 Å². The summed E-state index contributed by atoms with van der Waals surface area (Å²) in [6.45, 7) is 2.26. The van der Waals surface area contributed by atoms with Crippen molar-refractivity contribution in [3.63, 3.8) is 0 Å². The van der Waals surface area contributed by atoms with Crippen LogP contribution >= 0.6 is 6.04 Å². The van der Waals surface area contributed by atoms with Crippen molar-refractivity contribution in [2.24, 2.45) is 0 Å². The Bertz CT molecular complexity index is 868. The van der Waals surface area contributed by atoms with Crippen LogP contribution in [0.1, 0.15) is 5.56 Å². The van der Waals surface area contributed by atoms with Gasteiger partial charge in [-0.3, -0.25) is 0 Å². The fourth-order valence-corrected chi connectivity index (χ4v) is 18.0. The van der Waals surface area contributed by atoms with Crippen molar-refractivity contribution < 1.29 is 0 Å². The summed E-state index contributed by atoms with van der Waals surface area (Å²) in [6.07, 6.45) is 0. The van der Waals surface area contributed by atoms with E-state index in [4.69, 9.17) is 11.8 Å². The van der Waals surface area contributed by atoms with Crippen LogP contribution in [0, 0.1) is 6.92 Å². The fourth-order valence-electron chi connectivity index (χ4n) is 3.59. The van der Waals surface area contributed by atoms with Gasteiger partial charge in [0.15, 0.2) is 0 Å².